The van der Waals surface area contributed by atoms with E-state index in [1.165, 1.54) is 0 Å². The summed E-state index contributed by atoms with van der Waals surface area (Å²) in [5.74, 6) is 0.245. The zero-order valence-corrected chi connectivity index (χ0v) is 13.5. The van der Waals surface area contributed by atoms with Crippen molar-refractivity contribution in [2.24, 2.45) is 11.7 Å². The van der Waals surface area contributed by atoms with Gasteiger partial charge < -0.3 is 20.5 Å². The molecule has 2 heterocycles. The van der Waals surface area contributed by atoms with E-state index in [0.717, 1.165) is 24.1 Å². The molecule has 22 heavy (non-hydrogen) atoms. The smallest absolute Gasteiger partial charge is 0.226 e. The molecule has 6 heteroatoms. The molecule has 1 aliphatic heterocycles. The van der Waals surface area contributed by atoms with E-state index in [1.54, 1.807) is 11.3 Å². The van der Waals surface area contributed by atoms with Gasteiger partial charge in [-0.3, -0.25) is 4.79 Å². The van der Waals surface area contributed by atoms with E-state index in [4.69, 9.17) is 10.5 Å². The van der Waals surface area contributed by atoms with Crippen molar-refractivity contribution in [2.75, 3.05) is 19.8 Å². The van der Waals surface area contributed by atoms with Gasteiger partial charge in [-0.05, 0) is 30.7 Å². The van der Waals surface area contributed by atoms with E-state index >= 15 is 0 Å². The van der Waals surface area contributed by atoms with Gasteiger partial charge in [0, 0.05) is 29.8 Å². The number of morpholine rings is 1. The standard InChI is InChI=1S/C16H24N2O3S/c17-12-4-3-11(8-12)16(20)18-5-6-21-10-13(18)9-14(19)15-2-1-7-22-15/h1-2,7,11-14,19H,3-6,8-10,17H2. The zero-order chi connectivity index (χ0) is 15.5. The molecule has 2 aliphatic rings. The van der Waals surface area contributed by atoms with E-state index < -0.39 is 6.10 Å². The van der Waals surface area contributed by atoms with E-state index in [9.17, 15) is 9.90 Å². The lowest BCUT2D eigenvalue weighted by Gasteiger charge is -2.38. The Kier molecular flexibility index (Phi) is 5.13. The topological polar surface area (TPSA) is 75.8 Å². The summed E-state index contributed by atoms with van der Waals surface area (Å²) in [5.41, 5.74) is 5.94. The number of ether oxygens (including phenoxy) is 1. The highest BCUT2D eigenvalue weighted by Gasteiger charge is 2.36. The number of aliphatic hydroxyl groups excluding tert-OH is 1. The molecule has 1 aromatic heterocycles. The first-order valence-electron chi connectivity index (χ1n) is 8.00. The number of amides is 1. The van der Waals surface area contributed by atoms with Crippen LogP contribution < -0.4 is 5.73 Å². The highest BCUT2D eigenvalue weighted by atomic mass is 32.1. The van der Waals surface area contributed by atoms with Crippen LogP contribution in [0.15, 0.2) is 17.5 Å². The van der Waals surface area contributed by atoms with Crippen molar-refractivity contribution < 1.29 is 14.6 Å². The summed E-state index contributed by atoms with van der Waals surface area (Å²) in [5, 5.41) is 12.3. The highest BCUT2D eigenvalue weighted by Crippen LogP contribution is 2.30. The SMILES string of the molecule is NC1CCC(C(=O)N2CCOCC2CC(O)c2cccs2)C1. The maximum Gasteiger partial charge on any atom is 0.226 e. The number of hydrogen-bond donors (Lipinski definition) is 2. The molecular formula is C16H24N2O3S. The molecule has 0 spiro atoms. The molecule has 5 nitrogen and oxygen atoms in total. The van der Waals surface area contributed by atoms with Crippen LogP contribution in [-0.4, -0.2) is 47.8 Å². The van der Waals surface area contributed by atoms with Crippen LogP contribution >= 0.6 is 11.3 Å². The quantitative estimate of drug-likeness (QED) is 0.880. The van der Waals surface area contributed by atoms with E-state index in [2.05, 4.69) is 0 Å². The van der Waals surface area contributed by atoms with Crippen LogP contribution in [0.1, 0.15) is 36.7 Å². The fraction of sp³-hybridized carbons (Fsp3) is 0.688. The van der Waals surface area contributed by atoms with Gasteiger partial charge in [-0.2, -0.15) is 0 Å². The van der Waals surface area contributed by atoms with Crippen molar-refractivity contribution in [3.63, 3.8) is 0 Å². The van der Waals surface area contributed by atoms with Crippen molar-refractivity contribution in [3.8, 4) is 0 Å². The van der Waals surface area contributed by atoms with Gasteiger partial charge in [0.2, 0.25) is 5.91 Å². The lowest BCUT2D eigenvalue weighted by molar-refractivity contribution is -0.145. The number of aliphatic hydroxyl groups is 1. The molecule has 2 fully saturated rings. The van der Waals surface area contributed by atoms with Crippen molar-refractivity contribution in [1.82, 2.24) is 4.90 Å². The summed E-state index contributed by atoms with van der Waals surface area (Å²) < 4.78 is 5.54. The van der Waals surface area contributed by atoms with Crippen LogP contribution in [0.5, 0.6) is 0 Å². The molecule has 0 radical (unpaired) electrons. The molecule has 1 amide bonds. The third-order valence-corrected chi connectivity index (χ3v) is 5.67. The lowest BCUT2D eigenvalue weighted by atomic mass is 10.0. The Balaban J connectivity index is 1.64. The summed E-state index contributed by atoms with van der Waals surface area (Å²) in [4.78, 5) is 15.6. The minimum absolute atomic E-state index is 0.0461. The van der Waals surface area contributed by atoms with Crippen LogP contribution in [0.3, 0.4) is 0 Å². The maximum absolute atomic E-state index is 12.8. The summed E-state index contributed by atoms with van der Waals surface area (Å²) in [6.07, 6.45) is 2.61. The molecule has 3 N–H and O–H groups in total. The maximum atomic E-state index is 12.8. The van der Waals surface area contributed by atoms with Gasteiger partial charge in [-0.25, -0.2) is 0 Å². The monoisotopic (exact) mass is 324 g/mol. The molecule has 1 aliphatic carbocycles. The van der Waals surface area contributed by atoms with Crippen molar-refractivity contribution in [3.05, 3.63) is 22.4 Å². The molecule has 1 aromatic rings. The Labute approximate surface area is 135 Å². The van der Waals surface area contributed by atoms with Crippen LogP contribution in [0.2, 0.25) is 0 Å². The molecule has 0 aromatic carbocycles. The first kappa shape index (κ1) is 15.9. The van der Waals surface area contributed by atoms with Gasteiger partial charge in [0.15, 0.2) is 0 Å². The van der Waals surface area contributed by atoms with Crippen molar-refractivity contribution in [1.29, 1.82) is 0 Å². The van der Waals surface area contributed by atoms with Gasteiger partial charge >= 0.3 is 0 Å². The fourth-order valence-corrected chi connectivity index (χ4v) is 4.19. The number of nitrogens with two attached hydrogens (primary N) is 1. The molecule has 4 unspecified atom stereocenters. The van der Waals surface area contributed by atoms with Crippen LogP contribution in [0.25, 0.3) is 0 Å². The number of hydrogen-bond acceptors (Lipinski definition) is 5. The number of carbonyl (C=O) groups is 1. The Hall–Kier alpha value is -0.950. The Bertz CT molecular complexity index is 494. The van der Waals surface area contributed by atoms with Crippen molar-refractivity contribution in [2.45, 2.75) is 43.9 Å². The fourth-order valence-electron chi connectivity index (χ4n) is 3.47. The highest BCUT2D eigenvalue weighted by molar-refractivity contribution is 7.10. The predicted octanol–water partition coefficient (Wildman–Crippen LogP) is 1.53. The van der Waals surface area contributed by atoms with Gasteiger partial charge in [0.05, 0.1) is 25.4 Å². The average Bonchev–Trinajstić information content (AvgIpc) is 3.18. The Morgan fingerprint density at radius 1 is 1.55 bits per heavy atom. The molecule has 1 saturated heterocycles. The number of rotatable bonds is 4. The Morgan fingerprint density at radius 2 is 2.41 bits per heavy atom. The largest absolute Gasteiger partial charge is 0.387 e. The van der Waals surface area contributed by atoms with Crippen molar-refractivity contribution >= 4 is 17.2 Å². The van der Waals surface area contributed by atoms with E-state index in [0.29, 0.717) is 26.2 Å². The normalized spacial score (nSPS) is 30.5. The van der Waals surface area contributed by atoms with Gasteiger partial charge in [-0.15, -0.1) is 11.3 Å². The van der Waals surface area contributed by atoms with E-state index in [-0.39, 0.29) is 23.9 Å². The third-order valence-electron chi connectivity index (χ3n) is 4.70. The molecule has 122 valence electrons. The predicted molar refractivity (Wildman–Crippen MR) is 85.5 cm³/mol. The lowest BCUT2D eigenvalue weighted by Crippen LogP contribution is -2.51. The van der Waals surface area contributed by atoms with E-state index in [1.807, 2.05) is 22.4 Å². The summed E-state index contributed by atoms with van der Waals surface area (Å²) >= 11 is 1.54. The second-order valence-corrected chi connectivity index (χ2v) is 7.28. The van der Waals surface area contributed by atoms with Gasteiger partial charge in [0.1, 0.15) is 0 Å². The first-order chi connectivity index (χ1) is 10.6. The van der Waals surface area contributed by atoms with Crippen LogP contribution in [0, 0.1) is 5.92 Å². The van der Waals surface area contributed by atoms with Crippen LogP contribution in [-0.2, 0) is 9.53 Å². The molecule has 4 atom stereocenters. The first-order valence-corrected chi connectivity index (χ1v) is 8.88. The summed E-state index contributed by atoms with van der Waals surface area (Å²) in [6, 6.07) is 3.98. The summed E-state index contributed by atoms with van der Waals surface area (Å²) in [6.45, 7) is 1.70. The van der Waals surface area contributed by atoms with Gasteiger partial charge in [-0.1, -0.05) is 6.07 Å². The number of carbonyl (C=O) groups excluding carboxylic acids is 1. The van der Waals surface area contributed by atoms with Gasteiger partial charge in [0.25, 0.3) is 0 Å². The zero-order valence-electron chi connectivity index (χ0n) is 12.7. The second-order valence-electron chi connectivity index (χ2n) is 6.30. The average molecular weight is 324 g/mol. The van der Waals surface area contributed by atoms with Crippen LogP contribution in [0.4, 0.5) is 0 Å². The minimum Gasteiger partial charge on any atom is -0.387 e. The number of nitrogens with zero attached hydrogens (tertiary/aromatic N) is 1. The summed E-state index contributed by atoms with van der Waals surface area (Å²) in [7, 11) is 0. The minimum atomic E-state index is -0.534. The number of thiophene rings is 1. The molecular weight excluding hydrogens is 300 g/mol. The molecule has 0 bridgehead atoms. The molecule has 1 saturated carbocycles. The molecule has 3 rings (SSSR count). The third kappa shape index (κ3) is 3.51. The second kappa shape index (κ2) is 7.08. The Morgan fingerprint density at radius 3 is 3.09 bits per heavy atom.